The number of aromatic nitrogens is 1. The fourth-order valence-corrected chi connectivity index (χ4v) is 4.84. The van der Waals surface area contributed by atoms with Gasteiger partial charge in [0.1, 0.15) is 5.75 Å². The van der Waals surface area contributed by atoms with Gasteiger partial charge in [0.2, 0.25) is 0 Å². The van der Waals surface area contributed by atoms with Gasteiger partial charge in [0, 0.05) is 13.2 Å². The van der Waals surface area contributed by atoms with Crippen molar-refractivity contribution in [3.8, 4) is 5.75 Å². The van der Waals surface area contributed by atoms with Gasteiger partial charge in [0.25, 0.3) is 5.91 Å². The van der Waals surface area contributed by atoms with E-state index in [-0.39, 0.29) is 5.91 Å². The van der Waals surface area contributed by atoms with Crippen LogP contribution >= 0.6 is 38.6 Å². The van der Waals surface area contributed by atoms with Crippen molar-refractivity contribution < 1.29 is 14.3 Å². The number of halogens is 1. The SMILES string of the molecule is CCOCCn1c(=NC(=O)c2ccc(Br)s2)sc2cc(OCC)ccc21. The van der Waals surface area contributed by atoms with E-state index < -0.39 is 0 Å². The second kappa shape index (κ2) is 8.94. The van der Waals surface area contributed by atoms with Gasteiger partial charge in [-0.15, -0.1) is 11.3 Å². The van der Waals surface area contributed by atoms with Crippen molar-refractivity contribution in [2.24, 2.45) is 4.99 Å². The molecule has 3 aromatic rings. The molecule has 0 saturated carbocycles. The van der Waals surface area contributed by atoms with Crippen LogP contribution in [0.2, 0.25) is 0 Å². The highest BCUT2D eigenvalue weighted by atomic mass is 79.9. The summed E-state index contributed by atoms with van der Waals surface area (Å²) in [5.41, 5.74) is 1.03. The van der Waals surface area contributed by atoms with E-state index in [2.05, 4.69) is 20.9 Å². The van der Waals surface area contributed by atoms with E-state index >= 15 is 0 Å². The van der Waals surface area contributed by atoms with Gasteiger partial charge in [0.15, 0.2) is 4.80 Å². The fraction of sp³-hybridized carbons (Fsp3) is 0.333. The van der Waals surface area contributed by atoms with Crippen molar-refractivity contribution in [3.63, 3.8) is 0 Å². The van der Waals surface area contributed by atoms with Crippen LogP contribution in [0, 0.1) is 0 Å². The molecule has 0 fully saturated rings. The molecule has 0 N–H and O–H groups in total. The van der Waals surface area contributed by atoms with Gasteiger partial charge < -0.3 is 14.0 Å². The number of amides is 1. The molecule has 0 aliphatic carbocycles. The Morgan fingerprint density at radius 1 is 1.19 bits per heavy atom. The number of fused-ring (bicyclic) bond motifs is 1. The number of thiophene rings is 1. The van der Waals surface area contributed by atoms with Crippen LogP contribution < -0.4 is 9.54 Å². The highest BCUT2D eigenvalue weighted by Gasteiger charge is 2.11. The zero-order valence-corrected chi connectivity index (χ0v) is 17.7. The predicted molar refractivity (Wildman–Crippen MR) is 109 cm³/mol. The summed E-state index contributed by atoms with van der Waals surface area (Å²) >= 11 is 6.25. The standard InChI is InChI=1S/C18H19BrN2O3S2/c1-3-23-10-9-21-13-6-5-12(24-4-2)11-15(13)26-18(21)20-17(22)14-7-8-16(19)25-14/h5-8,11H,3-4,9-10H2,1-2H3. The largest absolute Gasteiger partial charge is 0.494 e. The maximum atomic E-state index is 12.5. The minimum atomic E-state index is -0.234. The Morgan fingerprint density at radius 3 is 2.73 bits per heavy atom. The Morgan fingerprint density at radius 2 is 2.04 bits per heavy atom. The van der Waals surface area contributed by atoms with Crippen LogP contribution in [0.4, 0.5) is 0 Å². The molecule has 0 aliphatic rings. The number of nitrogens with zero attached hydrogens (tertiary/aromatic N) is 2. The van der Waals surface area contributed by atoms with E-state index in [1.807, 2.05) is 42.7 Å². The Kier molecular flexibility index (Phi) is 6.63. The second-order valence-corrected chi connectivity index (χ2v) is 8.79. The van der Waals surface area contributed by atoms with Crippen molar-refractivity contribution in [2.75, 3.05) is 19.8 Å². The quantitative estimate of drug-likeness (QED) is 0.486. The van der Waals surface area contributed by atoms with Crippen molar-refractivity contribution in [1.29, 1.82) is 0 Å². The number of benzene rings is 1. The molecule has 1 aromatic carbocycles. The van der Waals surface area contributed by atoms with Crippen molar-refractivity contribution in [2.45, 2.75) is 20.4 Å². The highest BCUT2D eigenvalue weighted by molar-refractivity contribution is 9.11. The third kappa shape index (κ3) is 4.43. The van der Waals surface area contributed by atoms with E-state index in [4.69, 9.17) is 9.47 Å². The van der Waals surface area contributed by atoms with E-state index in [1.165, 1.54) is 22.7 Å². The van der Waals surface area contributed by atoms with E-state index in [0.29, 0.717) is 36.0 Å². The maximum absolute atomic E-state index is 12.5. The second-order valence-electron chi connectivity index (χ2n) is 5.32. The van der Waals surface area contributed by atoms with E-state index in [0.717, 1.165) is 19.8 Å². The van der Waals surface area contributed by atoms with Crippen LogP contribution in [0.15, 0.2) is 39.1 Å². The molecule has 0 unspecified atom stereocenters. The lowest BCUT2D eigenvalue weighted by Crippen LogP contribution is -2.19. The predicted octanol–water partition coefficient (Wildman–Crippen LogP) is 4.70. The summed E-state index contributed by atoms with van der Waals surface area (Å²) in [6.07, 6.45) is 0. The average molecular weight is 455 g/mol. The summed E-state index contributed by atoms with van der Waals surface area (Å²) in [5, 5.41) is 0. The normalized spacial score (nSPS) is 12.0. The molecule has 0 bridgehead atoms. The monoisotopic (exact) mass is 454 g/mol. The van der Waals surface area contributed by atoms with Gasteiger partial charge >= 0.3 is 0 Å². The van der Waals surface area contributed by atoms with Crippen molar-refractivity contribution in [3.05, 3.63) is 43.8 Å². The zero-order valence-electron chi connectivity index (χ0n) is 14.5. The van der Waals surface area contributed by atoms with Gasteiger partial charge in [-0.3, -0.25) is 4.79 Å². The molecular weight excluding hydrogens is 436 g/mol. The van der Waals surface area contributed by atoms with Gasteiger partial charge in [0.05, 0.1) is 32.1 Å². The molecule has 2 aromatic heterocycles. The van der Waals surface area contributed by atoms with Gasteiger partial charge in [-0.1, -0.05) is 11.3 Å². The van der Waals surface area contributed by atoms with Crippen LogP contribution in [0.3, 0.4) is 0 Å². The lowest BCUT2D eigenvalue weighted by atomic mass is 10.3. The minimum absolute atomic E-state index is 0.234. The van der Waals surface area contributed by atoms with Crippen LogP contribution in [-0.2, 0) is 11.3 Å². The molecule has 0 radical (unpaired) electrons. The first kappa shape index (κ1) is 19.3. The highest BCUT2D eigenvalue weighted by Crippen LogP contribution is 2.25. The van der Waals surface area contributed by atoms with Crippen LogP contribution in [0.25, 0.3) is 10.2 Å². The molecule has 2 heterocycles. The Balaban J connectivity index is 2.04. The van der Waals surface area contributed by atoms with Gasteiger partial charge in [-0.2, -0.15) is 4.99 Å². The molecular formula is C18H19BrN2O3S2. The molecule has 8 heteroatoms. The fourth-order valence-electron chi connectivity index (χ4n) is 2.48. The minimum Gasteiger partial charge on any atom is -0.494 e. The summed E-state index contributed by atoms with van der Waals surface area (Å²) in [6.45, 7) is 6.41. The summed E-state index contributed by atoms with van der Waals surface area (Å²) in [4.78, 5) is 18.2. The molecule has 0 saturated heterocycles. The number of hydrogen-bond donors (Lipinski definition) is 0. The summed E-state index contributed by atoms with van der Waals surface area (Å²) in [5.74, 6) is 0.584. The van der Waals surface area contributed by atoms with Crippen molar-refractivity contribution in [1.82, 2.24) is 4.57 Å². The molecule has 5 nitrogen and oxygen atoms in total. The number of ether oxygens (including phenoxy) is 2. The molecule has 138 valence electrons. The first-order valence-electron chi connectivity index (χ1n) is 8.30. The number of carbonyl (C=O) groups is 1. The van der Waals surface area contributed by atoms with Gasteiger partial charge in [-0.25, -0.2) is 0 Å². The van der Waals surface area contributed by atoms with E-state index in [9.17, 15) is 4.79 Å². The molecule has 0 aliphatic heterocycles. The van der Waals surface area contributed by atoms with Gasteiger partial charge in [-0.05, 0) is 60.1 Å². The van der Waals surface area contributed by atoms with E-state index in [1.54, 1.807) is 6.07 Å². The molecule has 0 atom stereocenters. The lowest BCUT2D eigenvalue weighted by Gasteiger charge is -2.06. The first-order valence-corrected chi connectivity index (χ1v) is 10.7. The zero-order chi connectivity index (χ0) is 18.5. The summed E-state index contributed by atoms with van der Waals surface area (Å²) in [6, 6.07) is 9.58. The Labute approximate surface area is 168 Å². The molecule has 26 heavy (non-hydrogen) atoms. The molecule has 3 rings (SSSR count). The Hall–Kier alpha value is -1.48. The number of carbonyl (C=O) groups excluding carboxylic acids is 1. The first-order chi connectivity index (χ1) is 12.6. The molecule has 1 amide bonds. The lowest BCUT2D eigenvalue weighted by molar-refractivity contribution is 0.100. The number of hydrogen-bond acceptors (Lipinski definition) is 5. The third-order valence-electron chi connectivity index (χ3n) is 3.61. The van der Waals surface area contributed by atoms with Crippen LogP contribution in [0.1, 0.15) is 23.5 Å². The van der Waals surface area contributed by atoms with Crippen molar-refractivity contribution >= 4 is 54.7 Å². The number of thiazole rings is 1. The smallest absolute Gasteiger partial charge is 0.289 e. The van der Waals surface area contributed by atoms with Crippen LogP contribution in [-0.4, -0.2) is 30.3 Å². The number of rotatable bonds is 7. The third-order valence-corrected chi connectivity index (χ3v) is 6.26. The maximum Gasteiger partial charge on any atom is 0.289 e. The Bertz CT molecular complexity index is 974. The molecule has 0 spiro atoms. The van der Waals surface area contributed by atoms with Crippen LogP contribution in [0.5, 0.6) is 5.75 Å². The summed E-state index contributed by atoms with van der Waals surface area (Å²) in [7, 11) is 0. The average Bonchev–Trinajstić information content (AvgIpc) is 3.19. The summed E-state index contributed by atoms with van der Waals surface area (Å²) < 4.78 is 15.1. The topological polar surface area (TPSA) is 52.8 Å².